The zero-order valence-electron chi connectivity index (χ0n) is 17.1. The van der Waals surface area contributed by atoms with Gasteiger partial charge in [-0.3, -0.25) is 9.48 Å². The van der Waals surface area contributed by atoms with Gasteiger partial charge in [-0.2, -0.15) is 10.4 Å². The summed E-state index contributed by atoms with van der Waals surface area (Å²) in [5.74, 6) is -0.0405. The number of hydrogen-bond acceptors (Lipinski definition) is 7. The molecule has 0 aliphatic heterocycles. The maximum Gasteiger partial charge on any atom is 0.254 e. The lowest BCUT2D eigenvalue weighted by Crippen LogP contribution is -2.43. The highest BCUT2D eigenvalue weighted by Crippen LogP contribution is 2.39. The van der Waals surface area contributed by atoms with Crippen molar-refractivity contribution in [2.75, 3.05) is 6.26 Å². The molecule has 0 spiro atoms. The molecule has 1 aliphatic carbocycles. The topological polar surface area (TPSA) is 131 Å². The number of hydrogen-bond donors (Lipinski definition) is 1. The van der Waals surface area contributed by atoms with Crippen LogP contribution in [-0.4, -0.2) is 46.4 Å². The predicted octanol–water partition coefficient (Wildman–Crippen LogP) is 2.33. The average molecular weight is 471 g/mol. The van der Waals surface area contributed by atoms with Crippen molar-refractivity contribution in [1.29, 1.82) is 5.26 Å². The van der Waals surface area contributed by atoms with Crippen LogP contribution in [0.15, 0.2) is 48.1 Å². The summed E-state index contributed by atoms with van der Waals surface area (Å²) in [6.07, 6.45) is 8.44. The third-order valence-electron chi connectivity index (χ3n) is 5.30. The lowest BCUT2D eigenvalue weighted by Gasteiger charge is -2.36. The minimum Gasteiger partial charge on any atom is -0.349 e. The zero-order valence-corrected chi connectivity index (χ0v) is 18.6. The van der Waals surface area contributed by atoms with Crippen molar-refractivity contribution in [3.8, 4) is 6.07 Å². The van der Waals surface area contributed by atoms with Crippen LogP contribution in [0.3, 0.4) is 0 Å². The molecule has 1 aromatic carbocycles. The number of benzene rings is 1. The minimum atomic E-state index is -3.46. The Labute approximate surface area is 190 Å². The second-order valence-electron chi connectivity index (χ2n) is 7.75. The number of carbonyl (C=O) groups is 1. The molecule has 1 saturated carbocycles. The first-order chi connectivity index (χ1) is 15.2. The van der Waals surface area contributed by atoms with Gasteiger partial charge in [-0.25, -0.2) is 18.4 Å². The zero-order chi connectivity index (χ0) is 22.9. The number of nitriles is 1. The molecule has 9 nitrogen and oxygen atoms in total. The Bertz CT molecular complexity index is 1310. The smallest absolute Gasteiger partial charge is 0.254 e. The first-order valence-corrected chi connectivity index (χ1v) is 12.0. The monoisotopic (exact) mass is 470 g/mol. The number of carbonyl (C=O) groups excluding carboxylic acids is 1. The van der Waals surface area contributed by atoms with Crippen molar-refractivity contribution in [3.05, 3.63) is 70.3 Å². The van der Waals surface area contributed by atoms with Crippen LogP contribution >= 0.6 is 11.6 Å². The molecule has 2 aromatic heterocycles. The van der Waals surface area contributed by atoms with Crippen molar-refractivity contribution in [2.45, 2.75) is 36.5 Å². The van der Waals surface area contributed by atoms with Gasteiger partial charge in [0.05, 0.1) is 29.9 Å². The Kier molecular flexibility index (Phi) is 5.95. The van der Waals surface area contributed by atoms with Gasteiger partial charge in [-0.05, 0) is 42.5 Å². The lowest BCUT2D eigenvalue weighted by molar-refractivity contribution is 0.0909. The summed E-state index contributed by atoms with van der Waals surface area (Å²) in [5.41, 5.74) is 2.60. The van der Waals surface area contributed by atoms with Gasteiger partial charge in [0.1, 0.15) is 0 Å². The van der Waals surface area contributed by atoms with Crippen molar-refractivity contribution in [1.82, 2.24) is 25.1 Å². The largest absolute Gasteiger partial charge is 0.349 e. The minimum absolute atomic E-state index is 0.0123. The Morgan fingerprint density at radius 2 is 2.00 bits per heavy atom. The van der Waals surface area contributed by atoms with Gasteiger partial charge in [0.25, 0.3) is 5.91 Å². The van der Waals surface area contributed by atoms with Crippen molar-refractivity contribution in [3.63, 3.8) is 0 Å². The summed E-state index contributed by atoms with van der Waals surface area (Å²) in [5, 5.41) is 16.8. The van der Waals surface area contributed by atoms with Crippen LogP contribution in [0, 0.1) is 11.3 Å². The fourth-order valence-corrected chi connectivity index (χ4v) is 4.27. The van der Waals surface area contributed by atoms with E-state index in [0.29, 0.717) is 28.3 Å². The maximum atomic E-state index is 12.6. The number of halogens is 1. The van der Waals surface area contributed by atoms with E-state index >= 15 is 0 Å². The molecule has 0 saturated heterocycles. The molecule has 1 N–H and O–H groups in total. The molecule has 0 bridgehead atoms. The van der Waals surface area contributed by atoms with E-state index in [-0.39, 0.29) is 23.0 Å². The summed E-state index contributed by atoms with van der Waals surface area (Å²) in [7, 11) is -3.46. The molecule has 32 heavy (non-hydrogen) atoms. The molecule has 3 aromatic rings. The van der Waals surface area contributed by atoms with Gasteiger partial charge in [0.2, 0.25) is 15.0 Å². The Morgan fingerprint density at radius 3 is 2.66 bits per heavy atom. The third kappa shape index (κ3) is 4.79. The van der Waals surface area contributed by atoms with E-state index in [9.17, 15) is 18.5 Å². The number of nitrogens with one attached hydrogen (secondary N) is 1. The number of aromatic nitrogens is 4. The number of sulfone groups is 1. The molecule has 2 heterocycles. The molecule has 11 heteroatoms. The van der Waals surface area contributed by atoms with Crippen molar-refractivity contribution in [2.24, 2.45) is 0 Å². The molecular formula is C21H19ClN6O3S. The third-order valence-corrected chi connectivity index (χ3v) is 6.41. The van der Waals surface area contributed by atoms with Crippen LogP contribution in [0.2, 0.25) is 5.02 Å². The molecule has 0 atom stereocenters. The SMILES string of the molecule is CS(=O)(=O)c1ncc(Cn2cc(C(=O)N[C@H]3C[C@@H](c4cc(Cl)ccc4C#N)C3)cn2)cn1. The summed E-state index contributed by atoms with van der Waals surface area (Å²) >= 11 is 6.06. The highest BCUT2D eigenvalue weighted by molar-refractivity contribution is 7.90. The Morgan fingerprint density at radius 1 is 1.28 bits per heavy atom. The second kappa shape index (κ2) is 8.68. The molecule has 1 aliphatic rings. The summed E-state index contributed by atoms with van der Waals surface area (Å²) in [6, 6.07) is 7.44. The fraction of sp³-hybridized carbons (Fsp3) is 0.286. The highest BCUT2D eigenvalue weighted by atomic mass is 35.5. The van der Waals surface area contributed by atoms with E-state index in [1.807, 2.05) is 6.07 Å². The molecule has 0 radical (unpaired) electrons. The molecule has 0 unspecified atom stereocenters. The van der Waals surface area contributed by atoms with Gasteiger partial charge in [0.15, 0.2) is 0 Å². The van der Waals surface area contributed by atoms with Crippen LogP contribution in [0.5, 0.6) is 0 Å². The fourth-order valence-electron chi connectivity index (χ4n) is 3.60. The van der Waals surface area contributed by atoms with Gasteiger partial charge < -0.3 is 5.32 Å². The van der Waals surface area contributed by atoms with Gasteiger partial charge in [0, 0.05) is 41.5 Å². The summed E-state index contributed by atoms with van der Waals surface area (Å²) < 4.78 is 24.4. The number of rotatable bonds is 6. The molecule has 164 valence electrons. The van der Waals surface area contributed by atoms with E-state index in [0.717, 1.165) is 24.7 Å². The van der Waals surface area contributed by atoms with Crippen LogP contribution < -0.4 is 5.32 Å². The molecule has 1 fully saturated rings. The van der Waals surface area contributed by atoms with Crippen LogP contribution in [-0.2, 0) is 16.4 Å². The van der Waals surface area contributed by atoms with Crippen molar-refractivity contribution < 1.29 is 13.2 Å². The van der Waals surface area contributed by atoms with Crippen LogP contribution in [0.1, 0.15) is 45.8 Å². The van der Waals surface area contributed by atoms with Gasteiger partial charge in [-0.15, -0.1) is 0 Å². The second-order valence-corrected chi connectivity index (χ2v) is 10.1. The Hall–Kier alpha value is -3.29. The average Bonchev–Trinajstić information content (AvgIpc) is 3.18. The molecule has 1 amide bonds. The maximum absolute atomic E-state index is 12.6. The van der Waals surface area contributed by atoms with Gasteiger partial charge in [-0.1, -0.05) is 11.6 Å². The quantitative estimate of drug-likeness (QED) is 0.547. The first kappa shape index (κ1) is 21.9. The van der Waals surface area contributed by atoms with E-state index in [1.165, 1.54) is 18.6 Å². The summed E-state index contributed by atoms with van der Waals surface area (Å²) in [6.45, 7) is 0.300. The van der Waals surface area contributed by atoms with Gasteiger partial charge >= 0.3 is 0 Å². The van der Waals surface area contributed by atoms with E-state index in [1.54, 1.807) is 23.0 Å². The number of nitrogens with zero attached hydrogens (tertiary/aromatic N) is 5. The first-order valence-electron chi connectivity index (χ1n) is 9.77. The van der Waals surface area contributed by atoms with Crippen LogP contribution in [0.25, 0.3) is 0 Å². The molecular weight excluding hydrogens is 452 g/mol. The van der Waals surface area contributed by atoms with E-state index in [4.69, 9.17) is 11.6 Å². The molecule has 4 rings (SSSR count). The van der Waals surface area contributed by atoms with Crippen LogP contribution in [0.4, 0.5) is 0 Å². The summed E-state index contributed by atoms with van der Waals surface area (Å²) in [4.78, 5) is 20.3. The van der Waals surface area contributed by atoms with E-state index in [2.05, 4.69) is 26.5 Å². The number of amides is 1. The normalized spacial score (nSPS) is 17.9. The van der Waals surface area contributed by atoms with Crippen molar-refractivity contribution >= 4 is 27.3 Å². The Balaban J connectivity index is 1.33. The standard InChI is InChI=1S/C21H19ClN6O3S/c1-32(30,31)21-24-8-13(9-25-21)11-28-12-16(10-26-28)20(29)27-18-4-15(5-18)19-6-17(22)3-2-14(19)7-23/h2-3,6,8-10,12,15,18H,4-5,11H2,1H3,(H,27,29)/t15-,18+. The predicted molar refractivity (Wildman–Crippen MR) is 116 cm³/mol. The highest BCUT2D eigenvalue weighted by Gasteiger charge is 2.33. The lowest BCUT2D eigenvalue weighted by atomic mass is 9.74. The van der Waals surface area contributed by atoms with E-state index < -0.39 is 9.84 Å².